The number of aromatic nitrogens is 4. The Bertz CT molecular complexity index is 1610. The van der Waals surface area contributed by atoms with E-state index in [1.165, 1.54) is 35.1 Å². The zero-order valence-electron chi connectivity index (χ0n) is 21.0. The lowest BCUT2D eigenvalue weighted by molar-refractivity contribution is -0.117. The molecule has 0 fully saturated rings. The number of anilines is 1. The van der Waals surface area contributed by atoms with E-state index in [9.17, 15) is 23.6 Å². The number of ether oxygens (including phenoxy) is 2. The van der Waals surface area contributed by atoms with E-state index >= 15 is 0 Å². The van der Waals surface area contributed by atoms with E-state index in [2.05, 4.69) is 15.5 Å². The predicted octanol–water partition coefficient (Wildman–Crippen LogP) is 3.39. The number of nitrogens with one attached hydrogen (secondary N) is 1. The maximum atomic E-state index is 13.4. The summed E-state index contributed by atoms with van der Waals surface area (Å²) in [5, 5.41) is 11.7. The van der Waals surface area contributed by atoms with Crippen molar-refractivity contribution in [2.45, 2.75) is 34.2 Å². The minimum absolute atomic E-state index is 0.0366. The predicted molar refractivity (Wildman–Crippen MR) is 137 cm³/mol. The van der Waals surface area contributed by atoms with Crippen LogP contribution >= 0.6 is 11.3 Å². The normalized spacial score (nSPS) is 11.0. The fraction of sp³-hybridized carbons (Fsp3) is 0.280. The summed E-state index contributed by atoms with van der Waals surface area (Å²) in [6.07, 6.45) is 1.48. The highest BCUT2D eigenvalue weighted by atomic mass is 32.1. The number of hydrogen-bond acceptors (Lipinski definition) is 9. The molecule has 13 heteroatoms. The summed E-state index contributed by atoms with van der Waals surface area (Å²) in [4.78, 5) is 51.5. The Kier molecular flexibility index (Phi) is 7.67. The van der Waals surface area contributed by atoms with Crippen molar-refractivity contribution in [2.24, 2.45) is 0 Å². The number of rotatable bonds is 8. The molecule has 0 saturated carbocycles. The number of fused-ring (bicyclic) bond motifs is 1. The summed E-state index contributed by atoms with van der Waals surface area (Å²) in [6.45, 7) is 6.26. The van der Waals surface area contributed by atoms with Crippen LogP contribution in [0.15, 0.2) is 35.3 Å². The molecule has 0 aliphatic rings. The molecule has 0 unspecified atom stereocenters. The van der Waals surface area contributed by atoms with E-state index in [0.29, 0.717) is 22.3 Å². The molecule has 4 aromatic rings. The van der Waals surface area contributed by atoms with Crippen LogP contribution in [0.1, 0.15) is 45.1 Å². The van der Waals surface area contributed by atoms with Crippen LogP contribution in [0.25, 0.3) is 16.6 Å². The molecular weight excluding hydrogens is 517 g/mol. The summed E-state index contributed by atoms with van der Waals surface area (Å²) >= 11 is 0.880. The minimum atomic E-state index is -0.706. The molecule has 38 heavy (non-hydrogen) atoms. The third kappa shape index (κ3) is 5.05. The van der Waals surface area contributed by atoms with E-state index in [1.807, 2.05) is 0 Å². The fourth-order valence-corrected chi connectivity index (χ4v) is 4.96. The van der Waals surface area contributed by atoms with Crippen LogP contribution < -0.4 is 10.9 Å². The Morgan fingerprint density at radius 2 is 1.71 bits per heavy atom. The van der Waals surface area contributed by atoms with Crippen molar-refractivity contribution in [3.05, 3.63) is 68.3 Å². The number of hydrogen-bond donors (Lipinski definition) is 1. The molecule has 3 heterocycles. The molecular formula is C25H24FN5O6S. The number of aryl methyl sites for hydroxylation is 1. The monoisotopic (exact) mass is 541 g/mol. The molecule has 0 spiro atoms. The Balaban J connectivity index is 1.69. The quantitative estimate of drug-likeness (QED) is 0.336. The first-order valence-corrected chi connectivity index (χ1v) is 12.5. The molecule has 0 atom stereocenters. The Morgan fingerprint density at radius 3 is 2.37 bits per heavy atom. The SMILES string of the molecule is CCOC(=O)c1sc(NC(=O)Cn2nc(C)c3cnn(-c4ccc(F)cc4)c3c2=O)c(C(=O)OCC)c1C. The van der Waals surface area contributed by atoms with Gasteiger partial charge in [0.25, 0.3) is 5.56 Å². The van der Waals surface area contributed by atoms with Gasteiger partial charge in [0.15, 0.2) is 0 Å². The number of halogens is 1. The van der Waals surface area contributed by atoms with Crippen molar-refractivity contribution in [1.29, 1.82) is 0 Å². The van der Waals surface area contributed by atoms with Gasteiger partial charge in [-0.3, -0.25) is 9.59 Å². The molecule has 1 aromatic carbocycles. The topological polar surface area (TPSA) is 134 Å². The molecule has 0 radical (unpaired) electrons. The third-order valence-corrected chi connectivity index (χ3v) is 6.76. The maximum Gasteiger partial charge on any atom is 0.348 e. The second kappa shape index (κ2) is 10.9. The van der Waals surface area contributed by atoms with Gasteiger partial charge in [-0.1, -0.05) is 0 Å². The number of amides is 1. The van der Waals surface area contributed by atoms with Gasteiger partial charge in [-0.05, 0) is 57.5 Å². The average molecular weight is 542 g/mol. The van der Waals surface area contributed by atoms with Crippen LogP contribution in [0.3, 0.4) is 0 Å². The smallest absolute Gasteiger partial charge is 0.348 e. The second-order valence-corrected chi connectivity index (χ2v) is 9.11. The van der Waals surface area contributed by atoms with Gasteiger partial charge in [-0.2, -0.15) is 10.2 Å². The first-order valence-electron chi connectivity index (χ1n) is 11.6. The largest absolute Gasteiger partial charge is 0.462 e. The number of nitrogens with zero attached hydrogens (tertiary/aromatic N) is 4. The van der Waals surface area contributed by atoms with E-state index in [4.69, 9.17) is 9.47 Å². The molecule has 0 bridgehead atoms. The molecule has 4 rings (SSSR count). The van der Waals surface area contributed by atoms with Gasteiger partial charge in [-0.25, -0.2) is 23.3 Å². The van der Waals surface area contributed by atoms with Gasteiger partial charge < -0.3 is 14.8 Å². The second-order valence-electron chi connectivity index (χ2n) is 8.09. The van der Waals surface area contributed by atoms with Gasteiger partial charge in [0.2, 0.25) is 5.91 Å². The van der Waals surface area contributed by atoms with Crippen molar-refractivity contribution in [3.8, 4) is 5.69 Å². The zero-order valence-corrected chi connectivity index (χ0v) is 21.8. The summed E-state index contributed by atoms with van der Waals surface area (Å²) < 4.78 is 25.9. The highest BCUT2D eigenvalue weighted by molar-refractivity contribution is 7.18. The van der Waals surface area contributed by atoms with Crippen molar-refractivity contribution < 1.29 is 28.2 Å². The van der Waals surface area contributed by atoms with Gasteiger partial charge in [0.1, 0.15) is 27.8 Å². The van der Waals surface area contributed by atoms with Crippen LogP contribution in [-0.2, 0) is 20.8 Å². The lowest BCUT2D eigenvalue weighted by atomic mass is 10.1. The van der Waals surface area contributed by atoms with Crippen LogP contribution in [0.4, 0.5) is 9.39 Å². The third-order valence-electron chi connectivity index (χ3n) is 5.57. The van der Waals surface area contributed by atoms with Gasteiger partial charge in [0.05, 0.1) is 36.4 Å². The van der Waals surface area contributed by atoms with Crippen LogP contribution in [-0.4, -0.2) is 50.6 Å². The Hall–Kier alpha value is -4.39. The molecule has 3 aromatic heterocycles. The summed E-state index contributed by atoms with van der Waals surface area (Å²) in [6, 6.07) is 5.45. The molecule has 1 amide bonds. The highest BCUT2D eigenvalue weighted by Gasteiger charge is 2.27. The van der Waals surface area contributed by atoms with E-state index in [1.54, 1.807) is 27.7 Å². The van der Waals surface area contributed by atoms with Crippen molar-refractivity contribution >= 4 is 45.1 Å². The van der Waals surface area contributed by atoms with Gasteiger partial charge in [-0.15, -0.1) is 11.3 Å². The molecule has 0 aliphatic heterocycles. The molecule has 0 aliphatic carbocycles. The molecule has 1 N–H and O–H groups in total. The Morgan fingerprint density at radius 1 is 1.05 bits per heavy atom. The molecule has 11 nitrogen and oxygen atoms in total. The zero-order chi connectivity index (χ0) is 27.6. The van der Waals surface area contributed by atoms with E-state index in [0.717, 1.165) is 16.0 Å². The number of carbonyl (C=O) groups is 3. The summed E-state index contributed by atoms with van der Waals surface area (Å²) in [5.41, 5.74) is 0.834. The number of carbonyl (C=O) groups excluding carboxylic acids is 3. The van der Waals surface area contributed by atoms with E-state index < -0.39 is 35.8 Å². The maximum absolute atomic E-state index is 13.4. The number of thiophene rings is 1. The fourth-order valence-electron chi connectivity index (χ4n) is 3.85. The number of benzene rings is 1. The summed E-state index contributed by atoms with van der Waals surface area (Å²) in [5.74, 6) is -2.43. The lowest BCUT2D eigenvalue weighted by Crippen LogP contribution is -2.31. The highest BCUT2D eigenvalue weighted by Crippen LogP contribution is 2.34. The van der Waals surface area contributed by atoms with Crippen molar-refractivity contribution in [2.75, 3.05) is 18.5 Å². The van der Waals surface area contributed by atoms with E-state index in [-0.39, 0.29) is 34.2 Å². The number of esters is 2. The van der Waals surface area contributed by atoms with Crippen LogP contribution in [0.5, 0.6) is 0 Å². The van der Waals surface area contributed by atoms with Crippen molar-refractivity contribution in [3.63, 3.8) is 0 Å². The standard InChI is InChI=1S/C25H24FN5O6S/c1-5-36-24(34)19-13(3)21(25(35)37-6-2)38-22(19)28-18(32)12-30-23(33)20-17(14(4)29-30)11-27-31(20)16-9-7-15(26)8-10-16/h7-11H,5-6,12H2,1-4H3,(H,28,32). The first-order chi connectivity index (χ1) is 18.2. The molecule has 0 saturated heterocycles. The molecule has 198 valence electrons. The first kappa shape index (κ1) is 26.7. The van der Waals surface area contributed by atoms with Crippen LogP contribution in [0.2, 0.25) is 0 Å². The average Bonchev–Trinajstić information content (AvgIpc) is 3.45. The van der Waals surface area contributed by atoms with Gasteiger partial charge in [0, 0.05) is 5.39 Å². The summed E-state index contributed by atoms with van der Waals surface area (Å²) in [7, 11) is 0. The minimum Gasteiger partial charge on any atom is -0.462 e. The van der Waals surface area contributed by atoms with Gasteiger partial charge >= 0.3 is 11.9 Å². The van der Waals surface area contributed by atoms with Crippen LogP contribution in [0, 0.1) is 19.7 Å². The Labute approximate surface area is 219 Å². The van der Waals surface area contributed by atoms with Crippen molar-refractivity contribution in [1.82, 2.24) is 19.6 Å². The lowest BCUT2D eigenvalue weighted by Gasteiger charge is -2.10.